The van der Waals surface area contributed by atoms with Gasteiger partial charge in [0.2, 0.25) is 0 Å². The molecule has 1 aliphatic heterocycles. The molecule has 1 saturated carbocycles. The van der Waals surface area contributed by atoms with Gasteiger partial charge in [0.05, 0.1) is 11.6 Å². The quantitative estimate of drug-likeness (QED) is 0.434. The fourth-order valence-corrected chi connectivity index (χ4v) is 7.03. The largest absolute Gasteiger partial charge is 0.495 e. The molecule has 4 N–H and O–H groups in total. The third kappa shape index (κ3) is 5.60. The Labute approximate surface area is 215 Å². The fraction of sp³-hybridized carbons (Fsp3) is 0.640. The summed E-state index contributed by atoms with van der Waals surface area (Å²) >= 11 is 7.17. The van der Waals surface area contributed by atoms with Gasteiger partial charge in [-0.15, -0.1) is 0 Å². The van der Waals surface area contributed by atoms with Gasteiger partial charge in [-0.05, 0) is 91.9 Å². The number of nitrogens with zero attached hydrogens (tertiary/aromatic N) is 2. The highest BCUT2D eigenvalue weighted by atomic mass is 79.9. The van der Waals surface area contributed by atoms with Crippen LogP contribution in [0.25, 0.3) is 0 Å². The second-order valence-electron chi connectivity index (χ2n) is 9.87. The minimum Gasteiger partial charge on any atom is -0.495 e. The summed E-state index contributed by atoms with van der Waals surface area (Å²) in [6.45, 7) is 1.80. The number of rotatable bonds is 6. The van der Waals surface area contributed by atoms with E-state index in [0.717, 1.165) is 64.9 Å². The van der Waals surface area contributed by atoms with E-state index in [1.54, 1.807) is 7.11 Å². The summed E-state index contributed by atoms with van der Waals surface area (Å²) < 4.78 is 7.60. The number of ether oxygens (including phenoxy) is 1. The zero-order chi connectivity index (χ0) is 23.6. The van der Waals surface area contributed by atoms with E-state index in [2.05, 4.69) is 67.6 Å². The van der Waals surface area contributed by atoms with Crippen LogP contribution in [0.5, 0.6) is 5.75 Å². The van der Waals surface area contributed by atoms with Crippen molar-refractivity contribution in [2.24, 2.45) is 22.6 Å². The molecule has 3 aliphatic rings. The van der Waals surface area contributed by atoms with Crippen molar-refractivity contribution < 1.29 is 4.74 Å². The molecule has 2 aliphatic carbocycles. The summed E-state index contributed by atoms with van der Waals surface area (Å²) in [5, 5.41) is 7.35. The summed E-state index contributed by atoms with van der Waals surface area (Å²) in [5.74, 6) is 2.33. The van der Waals surface area contributed by atoms with Crippen molar-refractivity contribution in [3.63, 3.8) is 0 Å². The predicted octanol–water partition coefficient (Wildman–Crippen LogP) is 5.12. The lowest BCUT2D eigenvalue weighted by molar-refractivity contribution is 0.150. The maximum Gasteiger partial charge on any atom is 0.187 e. The molecule has 0 spiro atoms. The topological polar surface area (TPSA) is 74.9 Å². The van der Waals surface area contributed by atoms with E-state index in [1.165, 1.54) is 37.0 Å². The van der Waals surface area contributed by atoms with Gasteiger partial charge in [-0.3, -0.25) is 5.73 Å². The molecule has 6 nitrogen and oxygen atoms in total. The van der Waals surface area contributed by atoms with Gasteiger partial charge in [0.15, 0.2) is 5.79 Å². The minimum atomic E-state index is -0.676. The van der Waals surface area contributed by atoms with Crippen LogP contribution in [0.1, 0.15) is 56.9 Å². The summed E-state index contributed by atoms with van der Waals surface area (Å²) in [4.78, 5) is 7.24. The van der Waals surface area contributed by atoms with E-state index in [1.807, 2.05) is 6.07 Å². The predicted molar refractivity (Wildman–Crippen MR) is 142 cm³/mol. The second kappa shape index (κ2) is 10.7. The average Bonchev–Trinajstić information content (AvgIpc) is 2.78. The van der Waals surface area contributed by atoms with Crippen molar-refractivity contribution in [1.29, 1.82) is 0 Å². The van der Waals surface area contributed by atoms with Gasteiger partial charge in [-0.1, -0.05) is 15.9 Å². The van der Waals surface area contributed by atoms with Gasteiger partial charge in [0.1, 0.15) is 11.6 Å². The highest BCUT2D eigenvalue weighted by Gasteiger charge is 2.42. The number of likely N-dealkylation sites (N-methyl/N-ethyl adjacent to an activating group) is 1. The van der Waals surface area contributed by atoms with Gasteiger partial charge >= 0.3 is 0 Å². The maximum atomic E-state index is 6.95. The van der Waals surface area contributed by atoms with E-state index >= 15 is 0 Å². The van der Waals surface area contributed by atoms with Crippen molar-refractivity contribution in [2.45, 2.75) is 63.7 Å². The zero-order valence-corrected chi connectivity index (χ0v) is 23.2. The second-order valence-corrected chi connectivity index (χ2v) is 11.6. The first kappa shape index (κ1) is 25.0. The van der Waals surface area contributed by atoms with Crippen LogP contribution in [-0.2, 0) is 6.54 Å². The van der Waals surface area contributed by atoms with Crippen LogP contribution in [0, 0.1) is 11.8 Å². The molecule has 182 valence electrons. The lowest BCUT2D eigenvalue weighted by Gasteiger charge is -2.45. The van der Waals surface area contributed by atoms with Crippen molar-refractivity contribution in [3.8, 4) is 5.75 Å². The first-order chi connectivity index (χ1) is 15.8. The number of amidine groups is 1. The Morgan fingerprint density at radius 2 is 1.91 bits per heavy atom. The standard InChI is InChI=1S/C25H37Br2N5O/c1-32(2)24-20-6-4-5-7-22(20)30-25(28,31-24)18-10-8-16(9-11-18)14-29-15-17-12-19(26)13-21(27)23(17)33-3/h12-13,16,18,29-30H,4-11,14-15,28H2,1-3H3. The third-order valence-corrected chi connectivity index (χ3v) is 8.36. The van der Waals surface area contributed by atoms with Crippen LogP contribution in [-0.4, -0.2) is 44.3 Å². The molecule has 1 aromatic rings. The number of hydrogen-bond acceptors (Lipinski definition) is 6. The van der Waals surface area contributed by atoms with Crippen LogP contribution in [0.3, 0.4) is 0 Å². The minimum absolute atomic E-state index is 0.362. The smallest absolute Gasteiger partial charge is 0.187 e. The molecule has 0 aromatic heterocycles. The van der Waals surface area contributed by atoms with E-state index in [0.29, 0.717) is 11.8 Å². The molecule has 1 fully saturated rings. The summed E-state index contributed by atoms with van der Waals surface area (Å²) in [7, 11) is 5.90. The molecule has 8 heteroatoms. The Hall–Kier alpha value is -1.09. The van der Waals surface area contributed by atoms with Crippen LogP contribution in [0.4, 0.5) is 0 Å². The average molecular weight is 583 g/mol. The van der Waals surface area contributed by atoms with Crippen LogP contribution in [0.2, 0.25) is 0 Å². The van der Waals surface area contributed by atoms with Crippen molar-refractivity contribution in [2.75, 3.05) is 27.7 Å². The molecule has 0 amide bonds. The number of halogens is 2. The van der Waals surface area contributed by atoms with Crippen molar-refractivity contribution >= 4 is 37.7 Å². The lowest BCUT2D eigenvalue weighted by atomic mass is 9.77. The Morgan fingerprint density at radius 1 is 1.18 bits per heavy atom. The summed E-state index contributed by atoms with van der Waals surface area (Å²) in [6.07, 6.45) is 9.24. The summed E-state index contributed by atoms with van der Waals surface area (Å²) in [5.41, 5.74) is 10.8. The molecule has 33 heavy (non-hydrogen) atoms. The van der Waals surface area contributed by atoms with Gasteiger partial charge in [-0.25, -0.2) is 4.99 Å². The molecule has 1 atom stereocenters. The Bertz CT molecular complexity index is 924. The molecule has 1 aromatic carbocycles. The van der Waals surface area contributed by atoms with Crippen LogP contribution >= 0.6 is 31.9 Å². The molecule has 0 bridgehead atoms. The normalized spacial score (nSPS) is 27.5. The van der Waals surface area contributed by atoms with E-state index in [-0.39, 0.29) is 0 Å². The third-order valence-electron chi connectivity index (χ3n) is 7.31. The van der Waals surface area contributed by atoms with Crippen LogP contribution < -0.4 is 21.1 Å². The molecule has 1 unspecified atom stereocenters. The number of benzene rings is 1. The van der Waals surface area contributed by atoms with Crippen LogP contribution in [0.15, 0.2) is 37.3 Å². The van der Waals surface area contributed by atoms with E-state index in [4.69, 9.17) is 15.5 Å². The Balaban J connectivity index is 1.33. The molecule has 0 radical (unpaired) electrons. The number of aliphatic imine (C=N–C) groups is 1. The van der Waals surface area contributed by atoms with Gasteiger partial charge in [0, 0.05) is 47.9 Å². The number of nitrogens with one attached hydrogen (secondary N) is 2. The SMILES string of the molecule is COc1c(Br)cc(Br)cc1CNCC1CCC(C2(N)N=C(N(C)C)C3=C(CCCC3)N2)CC1. The van der Waals surface area contributed by atoms with E-state index in [9.17, 15) is 0 Å². The number of allylic oxidation sites excluding steroid dienone is 1. The Morgan fingerprint density at radius 3 is 2.61 bits per heavy atom. The summed E-state index contributed by atoms with van der Waals surface area (Å²) in [6, 6.07) is 4.14. The maximum absolute atomic E-state index is 6.95. The highest BCUT2D eigenvalue weighted by molar-refractivity contribution is 9.11. The highest BCUT2D eigenvalue weighted by Crippen LogP contribution is 2.39. The van der Waals surface area contributed by atoms with E-state index < -0.39 is 5.79 Å². The number of hydrogen-bond donors (Lipinski definition) is 3. The molecule has 4 rings (SSSR count). The number of nitrogens with two attached hydrogens (primary N) is 1. The van der Waals surface area contributed by atoms with Gasteiger partial charge in [-0.2, -0.15) is 0 Å². The van der Waals surface area contributed by atoms with Gasteiger partial charge < -0.3 is 20.3 Å². The zero-order valence-electron chi connectivity index (χ0n) is 20.0. The molecule has 0 saturated heterocycles. The van der Waals surface area contributed by atoms with Gasteiger partial charge in [0.25, 0.3) is 0 Å². The lowest BCUT2D eigenvalue weighted by Crippen LogP contribution is -2.61. The number of methoxy groups -OCH3 is 1. The van der Waals surface area contributed by atoms with Crippen molar-refractivity contribution in [3.05, 3.63) is 37.9 Å². The van der Waals surface area contributed by atoms with Crippen molar-refractivity contribution in [1.82, 2.24) is 15.5 Å². The molecular weight excluding hydrogens is 546 g/mol. The monoisotopic (exact) mass is 581 g/mol. The first-order valence-corrected chi connectivity index (χ1v) is 13.7. The molecular formula is C25H37Br2N5O. The first-order valence-electron chi connectivity index (χ1n) is 12.1. The Kier molecular flexibility index (Phi) is 8.09. The molecule has 1 heterocycles. The fourth-order valence-electron chi connectivity index (χ4n) is 5.56.